The van der Waals surface area contributed by atoms with Gasteiger partial charge in [-0.1, -0.05) is 50.6 Å². The first-order chi connectivity index (χ1) is 16.4. The molecule has 6 unspecified atom stereocenters. The summed E-state index contributed by atoms with van der Waals surface area (Å²) in [7, 11) is 0. The van der Waals surface area contributed by atoms with E-state index in [1.807, 2.05) is 0 Å². The summed E-state index contributed by atoms with van der Waals surface area (Å²) < 4.78 is 0. The molecule has 3 amide bonds. The number of carbonyl (C=O) groups is 5. The van der Waals surface area contributed by atoms with Gasteiger partial charge in [-0.15, -0.1) is 0 Å². The Balaban J connectivity index is 3.14. The summed E-state index contributed by atoms with van der Waals surface area (Å²) in [6, 6.07) is 3.34. The highest BCUT2D eigenvalue weighted by molar-refractivity contribution is 5.95. The van der Waals surface area contributed by atoms with E-state index in [4.69, 9.17) is 10.8 Å². The molecule has 8 N–H and O–H groups in total. The minimum Gasteiger partial charge on any atom is -0.481 e. The second-order valence-electron chi connectivity index (χ2n) is 8.39. The highest BCUT2D eigenvalue weighted by Crippen LogP contribution is 2.11. The average molecular weight is 495 g/mol. The van der Waals surface area contributed by atoms with Crippen LogP contribution in [-0.4, -0.2) is 75.3 Å². The zero-order chi connectivity index (χ0) is 26.7. The topological polar surface area (TPSA) is 208 Å². The highest BCUT2D eigenvalue weighted by Gasteiger charge is 2.34. The molecule has 0 aromatic heterocycles. The van der Waals surface area contributed by atoms with Crippen molar-refractivity contribution in [3.8, 4) is 0 Å². The lowest BCUT2D eigenvalue weighted by Crippen LogP contribution is -2.60. The maximum atomic E-state index is 13.2. The van der Waals surface area contributed by atoms with E-state index in [0.717, 1.165) is 0 Å². The van der Waals surface area contributed by atoms with Crippen LogP contribution in [0.25, 0.3) is 0 Å². The molecule has 0 saturated carbocycles. The normalized spacial score (nSPS) is 16.0. The summed E-state index contributed by atoms with van der Waals surface area (Å²) in [6.07, 6.45) is -1.55. The Morgan fingerprint density at radius 3 is 1.94 bits per heavy atom. The number of aliphatic hydroxyl groups is 1. The molecule has 0 fully saturated rings. The van der Waals surface area contributed by atoms with Gasteiger partial charge in [-0.3, -0.25) is 19.2 Å². The van der Waals surface area contributed by atoms with Gasteiger partial charge in [-0.25, -0.2) is 4.79 Å². The molecule has 0 saturated heterocycles. The minimum atomic E-state index is -1.58. The Hall–Kier alpha value is -3.51. The maximum Gasteiger partial charge on any atom is 0.328 e. The van der Waals surface area contributed by atoms with E-state index in [1.165, 1.54) is 6.92 Å². The van der Waals surface area contributed by atoms with Crippen LogP contribution in [0, 0.1) is 5.92 Å². The third kappa shape index (κ3) is 9.71. The molecule has 0 heterocycles. The lowest BCUT2D eigenvalue weighted by molar-refractivity contribution is -0.145. The number of nitrogens with one attached hydrogen (secondary N) is 3. The molecule has 0 aliphatic carbocycles. The standard InChI is InChI=1S/C23H34N4O8/c1-4-12(2)18(22(33)27-19(13(3)28)23(34)35)26-21(32)16(10-14-8-6-5-7-9-14)25-20(31)15(24)11-17(29)30/h5-9,12-13,15-16,18-19,28H,4,10-11,24H2,1-3H3,(H,25,31)(H,26,32)(H,27,33)(H,29,30)(H,34,35). The lowest BCUT2D eigenvalue weighted by atomic mass is 9.96. The van der Waals surface area contributed by atoms with Crippen LogP contribution >= 0.6 is 0 Å². The highest BCUT2D eigenvalue weighted by atomic mass is 16.4. The second-order valence-corrected chi connectivity index (χ2v) is 8.39. The number of benzene rings is 1. The number of carbonyl (C=O) groups excluding carboxylic acids is 3. The van der Waals surface area contributed by atoms with E-state index in [-0.39, 0.29) is 6.42 Å². The van der Waals surface area contributed by atoms with Gasteiger partial charge in [0.05, 0.1) is 18.6 Å². The summed E-state index contributed by atoms with van der Waals surface area (Å²) in [5, 5.41) is 35.0. The van der Waals surface area contributed by atoms with Crippen molar-refractivity contribution in [3.63, 3.8) is 0 Å². The number of carboxylic acids is 2. The molecule has 1 aromatic rings. The number of aliphatic carboxylic acids is 2. The molecular weight excluding hydrogens is 460 g/mol. The Labute approximate surface area is 203 Å². The van der Waals surface area contributed by atoms with Gasteiger partial charge in [0, 0.05) is 6.42 Å². The van der Waals surface area contributed by atoms with Gasteiger partial charge in [0.1, 0.15) is 12.1 Å². The van der Waals surface area contributed by atoms with Crippen LogP contribution in [0.5, 0.6) is 0 Å². The summed E-state index contributed by atoms with van der Waals surface area (Å²) in [5.74, 6) is -5.55. The van der Waals surface area contributed by atoms with Gasteiger partial charge < -0.3 is 37.0 Å². The Bertz CT molecular complexity index is 893. The predicted molar refractivity (Wildman–Crippen MR) is 125 cm³/mol. The Kier molecular flexibility index (Phi) is 11.8. The third-order valence-corrected chi connectivity index (χ3v) is 5.49. The van der Waals surface area contributed by atoms with Crippen LogP contribution in [0.15, 0.2) is 30.3 Å². The quantitative estimate of drug-likeness (QED) is 0.169. The molecule has 12 nitrogen and oxygen atoms in total. The third-order valence-electron chi connectivity index (χ3n) is 5.49. The summed E-state index contributed by atoms with van der Waals surface area (Å²) in [6.45, 7) is 4.66. The number of hydrogen-bond acceptors (Lipinski definition) is 7. The van der Waals surface area contributed by atoms with Crippen molar-refractivity contribution in [1.82, 2.24) is 16.0 Å². The fourth-order valence-electron chi connectivity index (χ4n) is 3.21. The molecule has 35 heavy (non-hydrogen) atoms. The second kappa shape index (κ2) is 14.0. The van der Waals surface area contributed by atoms with Crippen LogP contribution in [0.2, 0.25) is 0 Å². The molecule has 0 aliphatic rings. The van der Waals surface area contributed by atoms with Gasteiger partial charge in [-0.2, -0.15) is 0 Å². The Morgan fingerprint density at radius 2 is 1.46 bits per heavy atom. The molecule has 0 bridgehead atoms. The van der Waals surface area contributed by atoms with E-state index in [1.54, 1.807) is 44.2 Å². The molecule has 0 radical (unpaired) electrons. The van der Waals surface area contributed by atoms with Gasteiger partial charge >= 0.3 is 11.9 Å². The van der Waals surface area contributed by atoms with E-state index in [9.17, 15) is 34.2 Å². The van der Waals surface area contributed by atoms with Gasteiger partial charge in [0.25, 0.3) is 0 Å². The van der Waals surface area contributed by atoms with Crippen LogP contribution in [0.4, 0.5) is 0 Å². The zero-order valence-corrected chi connectivity index (χ0v) is 19.9. The van der Waals surface area contributed by atoms with Crippen molar-refractivity contribution >= 4 is 29.7 Å². The first-order valence-electron chi connectivity index (χ1n) is 11.2. The number of nitrogens with two attached hydrogens (primary N) is 1. The van der Waals surface area contributed by atoms with Crippen molar-refractivity contribution in [2.75, 3.05) is 0 Å². The van der Waals surface area contributed by atoms with Crippen molar-refractivity contribution in [3.05, 3.63) is 35.9 Å². The first kappa shape index (κ1) is 29.5. The number of amides is 3. The van der Waals surface area contributed by atoms with Crippen molar-refractivity contribution in [2.24, 2.45) is 11.7 Å². The molecular formula is C23H34N4O8. The van der Waals surface area contributed by atoms with Crippen molar-refractivity contribution < 1.29 is 39.3 Å². The van der Waals surface area contributed by atoms with E-state index < -0.39 is 72.3 Å². The molecule has 1 rings (SSSR count). The largest absolute Gasteiger partial charge is 0.481 e. The van der Waals surface area contributed by atoms with Gasteiger partial charge in [-0.05, 0) is 18.4 Å². The summed E-state index contributed by atoms with van der Waals surface area (Å²) in [5.41, 5.74) is 6.31. The van der Waals surface area contributed by atoms with Crippen LogP contribution in [-0.2, 0) is 30.4 Å². The SMILES string of the molecule is CCC(C)C(NC(=O)C(Cc1ccccc1)NC(=O)C(N)CC(=O)O)C(=O)NC(C(=O)O)C(C)O. The fraction of sp³-hybridized carbons (Fsp3) is 0.522. The molecule has 0 aliphatic heterocycles. The number of rotatable bonds is 14. The monoisotopic (exact) mass is 494 g/mol. The smallest absolute Gasteiger partial charge is 0.328 e. The molecule has 12 heteroatoms. The molecule has 0 spiro atoms. The lowest BCUT2D eigenvalue weighted by Gasteiger charge is -2.28. The fourth-order valence-corrected chi connectivity index (χ4v) is 3.21. The number of carboxylic acid groups (broad SMARTS) is 2. The average Bonchev–Trinajstić information content (AvgIpc) is 2.79. The summed E-state index contributed by atoms with van der Waals surface area (Å²) >= 11 is 0. The maximum absolute atomic E-state index is 13.2. The minimum absolute atomic E-state index is 0.0263. The van der Waals surface area contributed by atoms with Crippen LogP contribution in [0.3, 0.4) is 0 Å². The molecule has 6 atom stereocenters. The molecule has 1 aromatic carbocycles. The van der Waals surface area contributed by atoms with Crippen molar-refractivity contribution in [2.45, 2.75) is 70.3 Å². The van der Waals surface area contributed by atoms with Crippen molar-refractivity contribution in [1.29, 1.82) is 0 Å². The van der Waals surface area contributed by atoms with Gasteiger partial charge in [0.15, 0.2) is 6.04 Å². The Morgan fingerprint density at radius 1 is 0.886 bits per heavy atom. The zero-order valence-electron chi connectivity index (χ0n) is 19.9. The number of aliphatic hydroxyl groups excluding tert-OH is 1. The van der Waals surface area contributed by atoms with Crippen LogP contribution < -0.4 is 21.7 Å². The van der Waals surface area contributed by atoms with Crippen LogP contribution in [0.1, 0.15) is 39.2 Å². The van der Waals surface area contributed by atoms with E-state index >= 15 is 0 Å². The summed E-state index contributed by atoms with van der Waals surface area (Å²) in [4.78, 5) is 60.7. The van der Waals surface area contributed by atoms with E-state index in [2.05, 4.69) is 16.0 Å². The number of hydrogen-bond donors (Lipinski definition) is 7. The molecule has 194 valence electrons. The first-order valence-corrected chi connectivity index (χ1v) is 11.2. The van der Waals surface area contributed by atoms with Gasteiger partial charge in [0.2, 0.25) is 17.7 Å². The predicted octanol–water partition coefficient (Wildman–Crippen LogP) is -1.00. The van der Waals surface area contributed by atoms with E-state index in [0.29, 0.717) is 12.0 Å².